The summed E-state index contributed by atoms with van der Waals surface area (Å²) in [5.74, 6) is 0. The van der Waals surface area contributed by atoms with E-state index < -0.39 is 58.1 Å². The van der Waals surface area contributed by atoms with Gasteiger partial charge in [0.1, 0.15) is 11.6 Å². The van der Waals surface area contributed by atoms with Gasteiger partial charge in [0.15, 0.2) is 0 Å². The third-order valence-corrected chi connectivity index (χ3v) is 12.3. The Kier molecular flexibility index (Phi) is 10.4. The second-order valence-electron chi connectivity index (χ2n) is 16.4. The van der Waals surface area contributed by atoms with Crippen molar-refractivity contribution in [2.75, 3.05) is 0 Å². The van der Waals surface area contributed by atoms with E-state index >= 15 is 0 Å². The molecule has 8 aromatic carbocycles. The minimum absolute atomic E-state index is 0.0389. The van der Waals surface area contributed by atoms with E-state index in [1.165, 1.54) is 36.4 Å². The highest BCUT2D eigenvalue weighted by Crippen LogP contribution is 2.46. The van der Waals surface area contributed by atoms with Crippen molar-refractivity contribution in [3.05, 3.63) is 191 Å². The number of aromatic nitrogens is 2. The Morgan fingerprint density at radius 3 is 1.20 bits per heavy atom. The summed E-state index contributed by atoms with van der Waals surface area (Å²) >= 11 is 0. The van der Waals surface area contributed by atoms with Gasteiger partial charge in [-0.15, -0.1) is 0 Å². The van der Waals surface area contributed by atoms with Crippen LogP contribution < -0.4 is 0 Å². The smallest absolute Gasteiger partial charge is 0.308 e. The van der Waals surface area contributed by atoms with Gasteiger partial charge in [-0.2, -0.15) is 63.2 Å². The molecule has 0 spiro atoms. The zero-order valence-corrected chi connectivity index (χ0v) is 35.3. The van der Waals surface area contributed by atoms with Crippen molar-refractivity contribution in [1.82, 2.24) is 9.13 Å². The zero-order chi connectivity index (χ0) is 49.7. The molecule has 0 aliphatic heterocycles. The SMILES string of the molecule is N#Cc1cccc(-c2cc(-n3c4ccccc4c4cc(-c5ccc(C(F)(F)F)cc5C(F)(F)F)ccc43)c(C#N)c(-n3c4ccccc4c4cc(-c5ccc(C(F)(F)F)cc5C(F)(F)F)ccc43)c2)c1. The van der Waals surface area contributed by atoms with Gasteiger partial charge in [-0.3, -0.25) is 0 Å². The monoisotopic (exact) mass is 958 g/mol. The lowest BCUT2D eigenvalue weighted by Crippen LogP contribution is -2.12. The summed E-state index contributed by atoms with van der Waals surface area (Å²) in [5, 5.41) is 23.0. The van der Waals surface area contributed by atoms with Gasteiger partial charge in [0.25, 0.3) is 0 Å². The lowest BCUT2D eigenvalue weighted by Gasteiger charge is -2.19. The van der Waals surface area contributed by atoms with Gasteiger partial charge < -0.3 is 9.13 Å². The summed E-state index contributed by atoms with van der Waals surface area (Å²) < 4.78 is 172. The maximum absolute atomic E-state index is 14.5. The average Bonchev–Trinajstić information content (AvgIpc) is 3.84. The van der Waals surface area contributed by atoms with E-state index in [4.69, 9.17) is 0 Å². The normalized spacial score (nSPS) is 12.5. The van der Waals surface area contributed by atoms with Crippen LogP contribution in [0.15, 0.2) is 158 Å². The van der Waals surface area contributed by atoms with Crippen LogP contribution in [-0.2, 0) is 24.7 Å². The van der Waals surface area contributed by atoms with Crippen molar-refractivity contribution in [3.63, 3.8) is 0 Å². The van der Waals surface area contributed by atoms with Gasteiger partial charge in [0, 0.05) is 21.5 Å². The molecule has 346 valence electrons. The van der Waals surface area contributed by atoms with E-state index in [1.54, 1.807) is 94.1 Å². The van der Waals surface area contributed by atoms with Crippen LogP contribution in [0.5, 0.6) is 0 Å². The van der Waals surface area contributed by atoms with Crippen LogP contribution in [0.25, 0.3) is 88.4 Å². The molecule has 10 aromatic rings. The van der Waals surface area contributed by atoms with E-state index in [0.717, 1.165) is 12.1 Å². The molecule has 0 amide bonds. The number of para-hydroxylation sites is 2. The first-order valence-corrected chi connectivity index (χ1v) is 20.9. The van der Waals surface area contributed by atoms with Crippen molar-refractivity contribution in [2.45, 2.75) is 24.7 Å². The molecule has 0 bridgehead atoms. The van der Waals surface area contributed by atoms with E-state index in [-0.39, 0.29) is 40.2 Å². The molecule has 2 aromatic heterocycles. The molecule has 0 N–H and O–H groups in total. The number of rotatable bonds is 5. The number of nitrogens with zero attached hydrogens (tertiary/aromatic N) is 4. The quantitative estimate of drug-likeness (QED) is 0.161. The van der Waals surface area contributed by atoms with Gasteiger partial charge in [-0.25, -0.2) is 0 Å². The van der Waals surface area contributed by atoms with Crippen molar-refractivity contribution in [2.24, 2.45) is 0 Å². The number of hydrogen-bond donors (Lipinski definition) is 0. The predicted octanol–water partition coefficient (Wildman–Crippen LogP) is 16.7. The van der Waals surface area contributed by atoms with Gasteiger partial charge >= 0.3 is 24.7 Å². The molecule has 0 radical (unpaired) electrons. The Hall–Kier alpha value is -8.50. The Morgan fingerprint density at radius 1 is 0.343 bits per heavy atom. The average molecular weight is 959 g/mol. The van der Waals surface area contributed by atoms with Gasteiger partial charge in [0.05, 0.1) is 67.3 Å². The molecule has 0 aliphatic carbocycles. The number of nitriles is 2. The van der Waals surface area contributed by atoms with E-state index in [1.807, 2.05) is 0 Å². The summed E-state index contributed by atoms with van der Waals surface area (Å²) in [7, 11) is 0. The van der Waals surface area contributed by atoms with Crippen molar-refractivity contribution >= 4 is 43.6 Å². The summed E-state index contributed by atoms with van der Waals surface area (Å²) in [6, 6.07) is 39.5. The summed E-state index contributed by atoms with van der Waals surface area (Å²) in [4.78, 5) is 0. The Morgan fingerprint density at radius 2 is 0.786 bits per heavy atom. The number of fused-ring (bicyclic) bond motifs is 6. The van der Waals surface area contributed by atoms with E-state index in [9.17, 15) is 63.2 Å². The summed E-state index contributed by atoms with van der Waals surface area (Å²) in [6.45, 7) is 0. The Bertz CT molecular complexity index is 3660. The predicted molar refractivity (Wildman–Crippen MR) is 241 cm³/mol. The molecule has 0 fully saturated rings. The first kappa shape index (κ1) is 45.3. The minimum Gasteiger partial charge on any atom is -0.308 e. The van der Waals surface area contributed by atoms with Crippen LogP contribution in [0.4, 0.5) is 52.7 Å². The molecule has 4 nitrogen and oxygen atoms in total. The number of hydrogen-bond acceptors (Lipinski definition) is 2. The fraction of sp³-hybridized carbons (Fsp3) is 0.0741. The van der Waals surface area contributed by atoms with Crippen LogP contribution in [0.1, 0.15) is 33.4 Å². The number of benzene rings is 8. The van der Waals surface area contributed by atoms with Crippen LogP contribution in [0.2, 0.25) is 0 Å². The van der Waals surface area contributed by atoms with Crippen molar-refractivity contribution in [3.8, 4) is 56.9 Å². The third-order valence-electron chi connectivity index (χ3n) is 12.3. The molecule has 0 atom stereocenters. The molecule has 16 heteroatoms. The van der Waals surface area contributed by atoms with E-state index in [2.05, 4.69) is 12.1 Å². The summed E-state index contributed by atoms with van der Waals surface area (Å²) in [6.07, 6.45) is -20.4. The molecule has 10 rings (SSSR count). The number of halogens is 12. The standard InChI is InChI=1S/C54H26F12N4/c55-51(56,57)34-14-16-36(43(25-34)53(61,62)63)31-12-18-47-40(21-31)38-8-1-3-10-45(38)69(47)49-23-33(30-7-5-6-29(20-30)27-67)24-50(42(49)28-68)70-46-11-4-2-9-39(46)41-22-32(13-19-48(41)70)37-17-15-35(52(58,59)60)26-44(37)54(64,65)66/h1-26H. The maximum atomic E-state index is 14.5. The highest BCUT2D eigenvalue weighted by atomic mass is 19.4. The molecule has 2 heterocycles. The lowest BCUT2D eigenvalue weighted by molar-refractivity contribution is -0.144. The first-order valence-electron chi connectivity index (χ1n) is 20.9. The highest BCUT2D eigenvalue weighted by Gasteiger charge is 2.40. The molecule has 0 aliphatic rings. The molecular weight excluding hydrogens is 933 g/mol. The topological polar surface area (TPSA) is 57.4 Å². The second-order valence-corrected chi connectivity index (χ2v) is 16.4. The molecular formula is C54H26F12N4. The second kappa shape index (κ2) is 16.1. The fourth-order valence-corrected chi connectivity index (χ4v) is 9.23. The molecule has 70 heavy (non-hydrogen) atoms. The first-order chi connectivity index (χ1) is 33.1. The van der Waals surface area contributed by atoms with Crippen LogP contribution >= 0.6 is 0 Å². The maximum Gasteiger partial charge on any atom is 0.417 e. The van der Waals surface area contributed by atoms with Crippen molar-refractivity contribution < 1.29 is 52.7 Å². The van der Waals surface area contributed by atoms with Crippen LogP contribution in [0, 0.1) is 22.7 Å². The molecule has 0 saturated heterocycles. The van der Waals surface area contributed by atoms with Gasteiger partial charge in [-0.1, -0.05) is 72.8 Å². The van der Waals surface area contributed by atoms with Crippen molar-refractivity contribution in [1.29, 1.82) is 10.5 Å². The summed E-state index contributed by atoms with van der Waals surface area (Å²) in [5.41, 5.74) is -3.42. The third kappa shape index (κ3) is 7.62. The van der Waals surface area contributed by atoms with Crippen LogP contribution in [-0.4, -0.2) is 9.13 Å². The zero-order valence-electron chi connectivity index (χ0n) is 35.3. The Balaban J connectivity index is 1.25. The highest BCUT2D eigenvalue weighted by molar-refractivity contribution is 6.12. The minimum atomic E-state index is -5.16. The van der Waals surface area contributed by atoms with Crippen LogP contribution in [0.3, 0.4) is 0 Å². The fourth-order valence-electron chi connectivity index (χ4n) is 9.23. The molecule has 0 unspecified atom stereocenters. The van der Waals surface area contributed by atoms with Gasteiger partial charge in [-0.05, 0) is 118 Å². The lowest BCUT2D eigenvalue weighted by atomic mass is 9.95. The number of alkyl halides is 12. The Labute approximate surface area is 387 Å². The molecule has 0 saturated carbocycles. The van der Waals surface area contributed by atoms with E-state index in [0.29, 0.717) is 72.4 Å². The van der Waals surface area contributed by atoms with Gasteiger partial charge in [0.2, 0.25) is 0 Å². The largest absolute Gasteiger partial charge is 0.417 e.